The normalized spacial score (nSPS) is 10.7. The van der Waals surface area contributed by atoms with Gasteiger partial charge in [0.05, 0.1) is 0 Å². The zero-order valence-corrected chi connectivity index (χ0v) is 8.73. The number of aliphatic hydroxyl groups is 1. The number of hydrogen-bond donors (Lipinski definition) is 1. The van der Waals surface area contributed by atoms with Gasteiger partial charge in [0.2, 0.25) is 0 Å². The maximum atomic E-state index is 10.1. The van der Waals surface area contributed by atoms with E-state index >= 15 is 0 Å². The highest BCUT2D eigenvalue weighted by Crippen LogP contribution is 2.08. The topological polar surface area (TPSA) is 37.3 Å². The molecule has 2 heteroatoms. The number of benzene rings is 1. The van der Waals surface area contributed by atoms with Gasteiger partial charge in [0.25, 0.3) is 0 Å². The first-order valence-electron chi connectivity index (χ1n) is 5.17. The molecule has 0 amide bonds. The van der Waals surface area contributed by atoms with Gasteiger partial charge in [-0.05, 0) is 24.0 Å². The van der Waals surface area contributed by atoms with Gasteiger partial charge in [-0.3, -0.25) is 0 Å². The highest BCUT2D eigenvalue weighted by molar-refractivity contribution is 5.57. The van der Waals surface area contributed by atoms with Crippen molar-refractivity contribution < 1.29 is 9.90 Å². The maximum Gasteiger partial charge on any atom is 0.123 e. The average Bonchev–Trinajstić information content (AvgIpc) is 2.28. The van der Waals surface area contributed by atoms with Crippen molar-refractivity contribution in [2.75, 3.05) is 6.61 Å². The summed E-state index contributed by atoms with van der Waals surface area (Å²) in [5, 5.41) is 8.68. The number of carbonyl (C=O) groups is 1. The van der Waals surface area contributed by atoms with Crippen molar-refractivity contribution in [1.29, 1.82) is 0 Å². The predicted molar refractivity (Wildman–Crippen MR) is 61.6 cm³/mol. The van der Waals surface area contributed by atoms with Crippen molar-refractivity contribution in [3.63, 3.8) is 0 Å². The third-order valence-electron chi connectivity index (χ3n) is 2.15. The summed E-state index contributed by atoms with van der Waals surface area (Å²) in [6.07, 6.45) is 6.84. The van der Waals surface area contributed by atoms with Crippen molar-refractivity contribution >= 4 is 12.4 Å². The summed E-state index contributed by atoms with van der Waals surface area (Å²) < 4.78 is 0. The first-order valence-corrected chi connectivity index (χ1v) is 5.17. The summed E-state index contributed by atoms with van der Waals surface area (Å²) in [6.45, 7) is 0.237. The van der Waals surface area contributed by atoms with E-state index in [-0.39, 0.29) is 6.61 Å². The summed E-state index contributed by atoms with van der Waals surface area (Å²) in [7, 11) is 0. The fourth-order valence-electron chi connectivity index (χ4n) is 1.34. The van der Waals surface area contributed by atoms with Crippen LogP contribution in [0.15, 0.2) is 30.3 Å². The molecule has 0 heterocycles. The highest BCUT2D eigenvalue weighted by atomic mass is 16.2. The van der Waals surface area contributed by atoms with Crippen molar-refractivity contribution in [3.05, 3.63) is 41.5 Å². The Balaban J connectivity index is 2.52. The van der Waals surface area contributed by atoms with E-state index in [0.717, 1.165) is 24.7 Å². The molecule has 0 aliphatic carbocycles. The van der Waals surface area contributed by atoms with E-state index in [9.17, 15) is 4.79 Å². The van der Waals surface area contributed by atoms with Crippen molar-refractivity contribution in [2.24, 2.45) is 0 Å². The minimum atomic E-state index is 0.237. The molecule has 0 aromatic heterocycles. The van der Waals surface area contributed by atoms with Crippen molar-refractivity contribution in [3.8, 4) is 0 Å². The van der Waals surface area contributed by atoms with E-state index in [2.05, 4.69) is 12.1 Å². The lowest BCUT2D eigenvalue weighted by atomic mass is 10.1. The van der Waals surface area contributed by atoms with Crippen molar-refractivity contribution in [2.45, 2.75) is 19.3 Å². The van der Waals surface area contributed by atoms with Gasteiger partial charge in [-0.1, -0.05) is 36.4 Å². The standard InChI is InChI=1S/C13H16O2/c14-10-2-1-4-12-6-8-13(9-7-12)5-3-11-15/h1,4,6-10,15H,2-3,5,11H2. The molecule has 0 saturated heterocycles. The first kappa shape index (κ1) is 11.7. The number of hydrogen-bond acceptors (Lipinski definition) is 2. The Kier molecular flexibility index (Phi) is 5.41. The van der Waals surface area contributed by atoms with Crippen LogP contribution in [0.4, 0.5) is 0 Å². The largest absolute Gasteiger partial charge is 0.396 e. The molecular formula is C13H16O2. The maximum absolute atomic E-state index is 10.1. The van der Waals surface area contributed by atoms with E-state index < -0.39 is 0 Å². The predicted octanol–water partition coefficient (Wildman–Crippen LogP) is 2.21. The van der Waals surface area contributed by atoms with Gasteiger partial charge in [0, 0.05) is 13.0 Å². The molecule has 0 fully saturated rings. The van der Waals surface area contributed by atoms with E-state index in [1.807, 2.05) is 24.3 Å². The van der Waals surface area contributed by atoms with Crippen LogP contribution in [0.2, 0.25) is 0 Å². The Morgan fingerprint density at radius 2 is 1.93 bits per heavy atom. The van der Waals surface area contributed by atoms with Crippen LogP contribution in [-0.2, 0) is 11.2 Å². The molecule has 0 saturated carbocycles. The first-order chi connectivity index (χ1) is 7.36. The highest BCUT2D eigenvalue weighted by Gasteiger charge is 1.92. The van der Waals surface area contributed by atoms with E-state index in [1.165, 1.54) is 5.56 Å². The number of allylic oxidation sites excluding steroid dienone is 1. The van der Waals surface area contributed by atoms with Gasteiger partial charge in [0.1, 0.15) is 6.29 Å². The van der Waals surface area contributed by atoms with E-state index in [0.29, 0.717) is 6.42 Å². The lowest BCUT2D eigenvalue weighted by molar-refractivity contribution is -0.107. The summed E-state index contributed by atoms with van der Waals surface area (Å²) >= 11 is 0. The molecule has 1 N–H and O–H groups in total. The summed E-state index contributed by atoms with van der Waals surface area (Å²) in [6, 6.07) is 8.15. The molecular weight excluding hydrogens is 188 g/mol. The van der Waals surface area contributed by atoms with Gasteiger partial charge in [-0.2, -0.15) is 0 Å². The third kappa shape index (κ3) is 4.56. The fraction of sp³-hybridized carbons (Fsp3) is 0.308. The number of aliphatic hydroxyl groups excluding tert-OH is 1. The zero-order chi connectivity index (χ0) is 10.9. The molecule has 0 radical (unpaired) electrons. The van der Waals surface area contributed by atoms with Crippen LogP contribution < -0.4 is 0 Å². The number of rotatable bonds is 6. The van der Waals surface area contributed by atoms with E-state index in [4.69, 9.17) is 5.11 Å². The molecule has 0 aliphatic rings. The zero-order valence-electron chi connectivity index (χ0n) is 8.73. The molecule has 0 bridgehead atoms. The van der Waals surface area contributed by atoms with Crippen LogP contribution in [0.1, 0.15) is 24.0 Å². The second-order valence-corrected chi connectivity index (χ2v) is 3.37. The lowest BCUT2D eigenvalue weighted by Crippen LogP contribution is -1.88. The Morgan fingerprint density at radius 1 is 1.20 bits per heavy atom. The molecule has 1 rings (SSSR count). The Morgan fingerprint density at radius 3 is 2.53 bits per heavy atom. The Labute approximate surface area is 90.3 Å². The lowest BCUT2D eigenvalue weighted by Gasteiger charge is -1.99. The molecule has 0 atom stereocenters. The molecule has 0 unspecified atom stereocenters. The van der Waals surface area contributed by atoms with Gasteiger partial charge in [-0.25, -0.2) is 0 Å². The molecule has 0 aliphatic heterocycles. The molecule has 1 aromatic rings. The number of aldehydes is 1. The van der Waals surface area contributed by atoms with Gasteiger partial charge in [0.15, 0.2) is 0 Å². The fourth-order valence-corrected chi connectivity index (χ4v) is 1.34. The Hall–Kier alpha value is -1.41. The molecule has 2 nitrogen and oxygen atoms in total. The Bertz CT molecular complexity index is 312. The minimum absolute atomic E-state index is 0.237. The van der Waals surface area contributed by atoms with Gasteiger partial charge in [-0.15, -0.1) is 0 Å². The van der Waals surface area contributed by atoms with Crippen molar-refractivity contribution in [1.82, 2.24) is 0 Å². The van der Waals surface area contributed by atoms with E-state index in [1.54, 1.807) is 0 Å². The van der Waals surface area contributed by atoms with Gasteiger partial charge >= 0.3 is 0 Å². The van der Waals surface area contributed by atoms with Crippen LogP contribution >= 0.6 is 0 Å². The molecule has 80 valence electrons. The van der Waals surface area contributed by atoms with Crippen LogP contribution in [0.3, 0.4) is 0 Å². The number of carbonyl (C=O) groups excluding carboxylic acids is 1. The van der Waals surface area contributed by atoms with Gasteiger partial charge < -0.3 is 9.90 Å². The number of aryl methyl sites for hydroxylation is 1. The van der Waals surface area contributed by atoms with Crippen LogP contribution in [0.25, 0.3) is 6.08 Å². The summed E-state index contributed by atoms with van der Waals surface area (Å²) in [5.74, 6) is 0. The SMILES string of the molecule is O=CCC=Cc1ccc(CCCO)cc1. The second-order valence-electron chi connectivity index (χ2n) is 3.37. The van der Waals surface area contributed by atoms with Crippen LogP contribution in [0.5, 0.6) is 0 Å². The molecule has 15 heavy (non-hydrogen) atoms. The summed E-state index contributed by atoms with van der Waals surface area (Å²) in [5.41, 5.74) is 2.33. The van der Waals surface area contributed by atoms with Crippen LogP contribution in [-0.4, -0.2) is 18.0 Å². The third-order valence-corrected chi connectivity index (χ3v) is 2.15. The molecule has 1 aromatic carbocycles. The van der Waals surface area contributed by atoms with Crippen LogP contribution in [0, 0.1) is 0 Å². The molecule has 0 spiro atoms. The minimum Gasteiger partial charge on any atom is -0.396 e. The quantitative estimate of drug-likeness (QED) is 0.721. The second kappa shape index (κ2) is 6.96. The smallest absolute Gasteiger partial charge is 0.123 e. The summed E-state index contributed by atoms with van der Waals surface area (Å²) in [4.78, 5) is 10.1. The monoisotopic (exact) mass is 204 g/mol. The average molecular weight is 204 g/mol.